The fourth-order valence-corrected chi connectivity index (χ4v) is 1.83. The summed E-state index contributed by atoms with van der Waals surface area (Å²) in [5.41, 5.74) is 1.22. The Labute approximate surface area is 129 Å². The number of nitrogens with zero attached hydrogens (tertiary/aromatic N) is 1. The van der Waals surface area contributed by atoms with Crippen molar-refractivity contribution in [3.8, 4) is 0 Å². The van der Waals surface area contributed by atoms with Crippen molar-refractivity contribution < 1.29 is 22.3 Å². The molecule has 0 unspecified atom stereocenters. The average molecular weight is 276 g/mol. The normalized spacial score (nSPS) is 9.61. The Morgan fingerprint density at radius 3 is 2.67 bits per heavy atom. The third-order valence-electron chi connectivity index (χ3n) is 2.66. The molecule has 1 aromatic heterocycles. The Bertz CT molecular complexity index is 525. The molecule has 5 heteroatoms. The Hall–Kier alpha value is -0.714. The molecule has 3 nitrogen and oxygen atoms in total. The van der Waals surface area contributed by atoms with E-state index in [2.05, 4.69) is 13.1 Å². The van der Waals surface area contributed by atoms with Crippen LogP contribution in [0.3, 0.4) is 0 Å². The molecule has 0 bridgehead atoms. The van der Waals surface area contributed by atoms with E-state index in [0.29, 0.717) is 0 Å². The first-order valence-electron chi connectivity index (χ1n) is 5.48. The van der Waals surface area contributed by atoms with Gasteiger partial charge in [-0.2, -0.15) is 0 Å². The first kappa shape index (κ1) is 17.3. The van der Waals surface area contributed by atoms with Gasteiger partial charge in [-0.05, 0) is 12.0 Å². The Kier molecular flexibility index (Phi) is 7.36. The van der Waals surface area contributed by atoms with E-state index < -0.39 is 5.97 Å². The molecule has 1 N–H and O–H groups in total. The molecule has 0 aliphatic carbocycles. The van der Waals surface area contributed by atoms with Crippen molar-refractivity contribution in [1.82, 2.24) is 4.57 Å². The molecule has 1 aromatic carbocycles. The van der Waals surface area contributed by atoms with Crippen molar-refractivity contribution >= 4 is 39.9 Å². The molecule has 0 amide bonds. The topological polar surface area (TPSA) is 42.2 Å². The number of aromatic nitrogens is 1. The summed E-state index contributed by atoms with van der Waals surface area (Å²) in [4.78, 5) is 11.1. The van der Waals surface area contributed by atoms with Crippen molar-refractivity contribution in [2.24, 2.45) is 0 Å². The Morgan fingerprint density at radius 2 is 2.06 bits per heavy atom. The molecule has 18 heavy (non-hydrogen) atoms. The molecular weight excluding hydrogens is 262 g/mol. The van der Waals surface area contributed by atoms with Gasteiger partial charge in [-0.15, -0.1) is 11.5 Å². The Balaban J connectivity index is 0.00000144. The van der Waals surface area contributed by atoms with E-state index in [-0.39, 0.29) is 41.0 Å². The second-order valence-electron chi connectivity index (χ2n) is 3.81. The zero-order valence-corrected chi connectivity index (χ0v) is 12.5. The predicted octanol–water partition coefficient (Wildman–Crippen LogP) is -0.437. The number of hydrogen-bond donors (Lipinski definition) is 1. The van der Waals surface area contributed by atoms with Crippen molar-refractivity contribution in [3.63, 3.8) is 0 Å². The van der Waals surface area contributed by atoms with Crippen LogP contribution in [-0.2, 0) is 6.54 Å². The number of rotatable bonds is 4. The zero-order valence-electron chi connectivity index (χ0n) is 10.3. The average Bonchev–Trinajstić information content (AvgIpc) is 2.65. The van der Waals surface area contributed by atoms with E-state index >= 15 is 0 Å². The number of para-hydroxylation sites is 1. The van der Waals surface area contributed by atoms with E-state index in [1.165, 1.54) is 0 Å². The van der Waals surface area contributed by atoms with Gasteiger partial charge in [-0.3, -0.25) is 0 Å². The summed E-state index contributed by atoms with van der Waals surface area (Å²) in [6, 6.07) is 7.54. The van der Waals surface area contributed by atoms with Crippen LogP contribution in [0.4, 0.5) is 0 Å². The van der Waals surface area contributed by atoms with Crippen LogP contribution in [0.2, 0.25) is 0 Å². The minimum Gasteiger partial charge on any atom is -1.00 e. The number of benzene rings is 1. The molecule has 0 saturated carbocycles. The smallest absolute Gasteiger partial charge is 1.00 e. The fraction of sp³-hybridized carbons (Fsp3) is 0.308. The molecule has 0 saturated heterocycles. The fourth-order valence-electron chi connectivity index (χ4n) is 1.83. The number of halogens is 1. The van der Waals surface area contributed by atoms with Crippen LogP contribution in [-0.4, -0.2) is 38.7 Å². The van der Waals surface area contributed by atoms with Gasteiger partial charge < -0.3 is 26.9 Å². The molecule has 2 aromatic rings. The molecule has 0 radical (unpaired) electrons. The minimum atomic E-state index is -0.911. The van der Waals surface area contributed by atoms with Gasteiger partial charge >= 0.3 is 23.1 Å². The van der Waals surface area contributed by atoms with Gasteiger partial charge in [0.2, 0.25) is 5.97 Å². The van der Waals surface area contributed by atoms with Gasteiger partial charge in [0.05, 0.1) is 0 Å². The second-order valence-corrected chi connectivity index (χ2v) is 3.81. The number of carbonyl (C=O) groups is 1. The predicted molar refractivity (Wildman–Crippen MR) is 68.4 cm³/mol. The van der Waals surface area contributed by atoms with Crippen LogP contribution in [0, 0.1) is 6.20 Å². The van der Waals surface area contributed by atoms with Gasteiger partial charge in [0.25, 0.3) is 0 Å². The van der Waals surface area contributed by atoms with E-state index in [1.807, 2.05) is 28.8 Å². The summed E-state index contributed by atoms with van der Waals surface area (Å²) < 4.78 is 1.91. The second kappa shape index (κ2) is 7.66. The molecule has 0 fully saturated rings. The summed E-state index contributed by atoms with van der Waals surface area (Å²) in [6.07, 6.45) is 5.06. The number of fused-ring (bicyclic) bond motifs is 1. The van der Waals surface area contributed by atoms with Gasteiger partial charge in [-0.1, -0.05) is 43.3 Å². The summed E-state index contributed by atoms with van der Waals surface area (Å²) in [5.74, 6) is -0.911. The van der Waals surface area contributed by atoms with E-state index in [9.17, 15) is 4.79 Å². The summed E-state index contributed by atoms with van der Waals surface area (Å²) >= 11 is 0. The maximum absolute atomic E-state index is 11.1. The van der Waals surface area contributed by atoms with Crippen LogP contribution in [0.15, 0.2) is 24.3 Å². The molecule has 0 atom stereocenters. The SMILES string of the molecule is CCCCn1[c-]c(C(=O)O)c2ccccc21.[Cl-].[Mg+2]. The van der Waals surface area contributed by atoms with Crippen LogP contribution in [0.5, 0.6) is 0 Å². The van der Waals surface area contributed by atoms with Crippen molar-refractivity contribution in [1.29, 1.82) is 0 Å². The number of hydrogen-bond acceptors (Lipinski definition) is 1. The number of aromatic carboxylic acids is 1. The maximum atomic E-state index is 11.1. The number of carboxylic acid groups (broad SMARTS) is 1. The summed E-state index contributed by atoms with van der Waals surface area (Å²) in [6.45, 7) is 2.94. The number of aryl methyl sites for hydroxylation is 1. The van der Waals surface area contributed by atoms with Gasteiger partial charge in [0, 0.05) is 6.54 Å². The van der Waals surface area contributed by atoms with E-state index in [1.54, 1.807) is 0 Å². The monoisotopic (exact) mass is 275 g/mol. The minimum absolute atomic E-state index is 0. The summed E-state index contributed by atoms with van der Waals surface area (Å²) in [7, 11) is 0. The van der Waals surface area contributed by atoms with E-state index in [4.69, 9.17) is 5.11 Å². The van der Waals surface area contributed by atoms with E-state index in [0.717, 1.165) is 30.3 Å². The van der Waals surface area contributed by atoms with Gasteiger partial charge in [0.1, 0.15) is 0 Å². The molecule has 92 valence electrons. The Morgan fingerprint density at radius 1 is 1.39 bits per heavy atom. The molecule has 1 heterocycles. The maximum Gasteiger partial charge on any atom is 2.00 e. The largest absolute Gasteiger partial charge is 2.00 e. The van der Waals surface area contributed by atoms with Crippen molar-refractivity contribution in [3.05, 3.63) is 36.0 Å². The molecule has 0 spiro atoms. The van der Waals surface area contributed by atoms with Crippen LogP contribution in [0.25, 0.3) is 10.9 Å². The van der Waals surface area contributed by atoms with Gasteiger partial charge in [0.15, 0.2) is 0 Å². The zero-order chi connectivity index (χ0) is 11.5. The third-order valence-corrected chi connectivity index (χ3v) is 2.66. The standard InChI is InChI=1S/C13H14NO2.ClH.Mg/c1-2-3-8-14-9-11(13(15)16)10-6-4-5-7-12(10)14;;/h4-7H,2-3,8H2,1H3,(H,15,16);1H;/q-1;;+2/p-1. The molecular formula is C13H14ClMgNO2. The first-order valence-corrected chi connectivity index (χ1v) is 5.48. The van der Waals surface area contributed by atoms with Crippen LogP contribution < -0.4 is 12.4 Å². The summed E-state index contributed by atoms with van der Waals surface area (Å²) in [5, 5.41) is 9.85. The van der Waals surface area contributed by atoms with Crippen molar-refractivity contribution in [2.45, 2.75) is 26.3 Å². The number of unbranched alkanes of at least 4 members (excludes halogenated alkanes) is 1. The quantitative estimate of drug-likeness (QED) is 0.608. The van der Waals surface area contributed by atoms with Crippen LogP contribution >= 0.6 is 0 Å². The van der Waals surface area contributed by atoms with Crippen LogP contribution in [0.1, 0.15) is 30.1 Å². The molecule has 0 aliphatic heterocycles. The number of carboxylic acids is 1. The first-order chi connectivity index (χ1) is 7.74. The van der Waals surface area contributed by atoms with Crippen molar-refractivity contribution in [2.75, 3.05) is 0 Å². The van der Waals surface area contributed by atoms with Gasteiger partial charge in [-0.25, -0.2) is 0 Å². The molecule has 2 rings (SSSR count). The molecule has 0 aliphatic rings. The third kappa shape index (κ3) is 3.40.